The van der Waals surface area contributed by atoms with E-state index in [1.165, 1.54) is 0 Å². The summed E-state index contributed by atoms with van der Waals surface area (Å²) < 4.78 is 52.6. The molecule has 1 aliphatic carbocycles. The summed E-state index contributed by atoms with van der Waals surface area (Å²) in [6.45, 7) is 2.66. The SMILES string of the molecule is CCCNC(c1cc(C(F)(F)F)ccc1F)C1CCCC1. The van der Waals surface area contributed by atoms with Crippen molar-refractivity contribution in [3.63, 3.8) is 0 Å². The van der Waals surface area contributed by atoms with Gasteiger partial charge in [-0.1, -0.05) is 19.8 Å². The minimum Gasteiger partial charge on any atom is -0.310 e. The highest BCUT2D eigenvalue weighted by Gasteiger charge is 2.34. The average molecular weight is 303 g/mol. The van der Waals surface area contributed by atoms with Crippen molar-refractivity contribution in [1.29, 1.82) is 0 Å². The molecule has 118 valence electrons. The third kappa shape index (κ3) is 3.96. The second kappa shape index (κ2) is 6.77. The van der Waals surface area contributed by atoms with Gasteiger partial charge in [-0.3, -0.25) is 0 Å². The first kappa shape index (κ1) is 16.3. The molecule has 0 saturated heterocycles. The summed E-state index contributed by atoms with van der Waals surface area (Å²) in [7, 11) is 0. The summed E-state index contributed by atoms with van der Waals surface area (Å²) in [5.74, 6) is -0.335. The molecule has 5 heteroatoms. The van der Waals surface area contributed by atoms with E-state index >= 15 is 0 Å². The fraction of sp³-hybridized carbons (Fsp3) is 0.625. The molecular weight excluding hydrogens is 282 g/mol. The highest BCUT2D eigenvalue weighted by molar-refractivity contribution is 5.30. The first-order valence-corrected chi connectivity index (χ1v) is 7.53. The van der Waals surface area contributed by atoms with Gasteiger partial charge in [0.1, 0.15) is 5.82 Å². The summed E-state index contributed by atoms with van der Waals surface area (Å²) >= 11 is 0. The Kier molecular flexibility index (Phi) is 5.25. The molecule has 1 saturated carbocycles. The first-order chi connectivity index (χ1) is 9.93. The van der Waals surface area contributed by atoms with Gasteiger partial charge in [0.2, 0.25) is 0 Å². The van der Waals surface area contributed by atoms with Gasteiger partial charge in [0.25, 0.3) is 0 Å². The molecule has 1 aromatic rings. The van der Waals surface area contributed by atoms with Crippen LogP contribution in [0.15, 0.2) is 18.2 Å². The summed E-state index contributed by atoms with van der Waals surface area (Å²) in [5, 5.41) is 3.24. The molecule has 0 amide bonds. The van der Waals surface area contributed by atoms with Crippen LogP contribution in [0.3, 0.4) is 0 Å². The van der Waals surface area contributed by atoms with Crippen molar-refractivity contribution in [2.75, 3.05) is 6.54 Å². The monoisotopic (exact) mass is 303 g/mol. The van der Waals surface area contributed by atoms with E-state index in [4.69, 9.17) is 0 Å². The first-order valence-electron chi connectivity index (χ1n) is 7.53. The Balaban J connectivity index is 2.33. The second-order valence-corrected chi connectivity index (χ2v) is 5.71. The van der Waals surface area contributed by atoms with Gasteiger partial charge in [-0.15, -0.1) is 0 Å². The van der Waals surface area contributed by atoms with Gasteiger partial charge in [-0.2, -0.15) is 13.2 Å². The van der Waals surface area contributed by atoms with Gasteiger partial charge in [0.15, 0.2) is 0 Å². The molecule has 1 unspecified atom stereocenters. The standard InChI is InChI=1S/C16H21F4N/c1-2-9-21-15(11-5-3-4-6-11)13-10-12(16(18,19)20)7-8-14(13)17/h7-8,10-11,15,21H,2-6,9H2,1H3. The molecular formula is C16H21F4N. The molecule has 2 rings (SSSR count). The van der Waals surface area contributed by atoms with Crippen LogP contribution in [0.2, 0.25) is 0 Å². The Morgan fingerprint density at radius 1 is 1.24 bits per heavy atom. The molecule has 0 radical (unpaired) electrons. The van der Waals surface area contributed by atoms with E-state index in [1.54, 1.807) is 0 Å². The van der Waals surface area contributed by atoms with Gasteiger partial charge in [-0.25, -0.2) is 4.39 Å². The topological polar surface area (TPSA) is 12.0 Å². The Morgan fingerprint density at radius 3 is 2.48 bits per heavy atom. The molecule has 1 nitrogen and oxygen atoms in total. The summed E-state index contributed by atoms with van der Waals surface area (Å²) in [4.78, 5) is 0. The summed E-state index contributed by atoms with van der Waals surface area (Å²) in [5.41, 5.74) is -0.620. The van der Waals surface area contributed by atoms with Gasteiger partial charge < -0.3 is 5.32 Å². The molecule has 0 spiro atoms. The van der Waals surface area contributed by atoms with E-state index in [2.05, 4.69) is 5.32 Å². The number of halogens is 4. The smallest absolute Gasteiger partial charge is 0.310 e. The van der Waals surface area contributed by atoms with Crippen LogP contribution in [0.1, 0.15) is 56.2 Å². The largest absolute Gasteiger partial charge is 0.416 e. The number of rotatable bonds is 5. The van der Waals surface area contributed by atoms with Crippen LogP contribution in [0.25, 0.3) is 0 Å². The van der Waals surface area contributed by atoms with Gasteiger partial charge >= 0.3 is 6.18 Å². The summed E-state index contributed by atoms with van der Waals surface area (Å²) in [6.07, 6.45) is 0.441. The predicted octanol–water partition coefficient (Wildman–Crippen LogP) is 5.08. The fourth-order valence-electron chi connectivity index (χ4n) is 3.08. The quantitative estimate of drug-likeness (QED) is 0.748. The maximum absolute atomic E-state index is 14.1. The highest BCUT2D eigenvalue weighted by atomic mass is 19.4. The molecule has 1 N–H and O–H groups in total. The zero-order valence-electron chi connectivity index (χ0n) is 12.1. The molecule has 0 bridgehead atoms. The maximum Gasteiger partial charge on any atom is 0.416 e. The molecule has 0 aromatic heterocycles. The van der Waals surface area contributed by atoms with Crippen molar-refractivity contribution in [3.05, 3.63) is 35.1 Å². The van der Waals surface area contributed by atoms with Crippen LogP contribution in [-0.2, 0) is 6.18 Å². The van der Waals surface area contributed by atoms with E-state index in [0.29, 0.717) is 6.54 Å². The number of benzene rings is 1. The van der Waals surface area contributed by atoms with Gasteiger partial charge in [0, 0.05) is 11.6 Å². The second-order valence-electron chi connectivity index (χ2n) is 5.71. The van der Waals surface area contributed by atoms with Crippen molar-refractivity contribution >= 4 is 0 Å². The molecule has 1 aromatic carbocycles. The van der Waals surface area contributed by atoms with Crippen molar-refractivity contribution in [1.82, 2.24) is 5.32 Å². The fourth-order valence-corrected chi connectivity index (χ4v) is 3.08. The zero-order valence-corrected chi connectivity index (χ0v) is 12.1. The lowest BCUT2D eigenvalue weighted by atomic mass is 9.90. The number of nitrogens with one attached hydrogen (secondary N) is 1. The Hall–Kier alpha value is -1.10. The van der Waals surface area contributed by atoms with Crippen LogP contribution in [-0.4, -0.2) is 6.54 Å². The molecule has 0 aliphatic heterocycles. The van der Waals surface area contributed by atoms with Gasteiger partial charge in [0.05, 0.1) is 5.56 Å². The van der Waals surface area contributed by atoms with Crippen molar-refractivity contribution < 1.29 is 17.6 Å². The third-order valence-electron chi connectivity index (χ3n) is 4.14. The van der Waals surface area contributed by atoms with Crippen LogP contribution in [0.5, 0.6) is 0 Å². The van der Waals surface area contributed by atoms with Crippen LogP contribution in [0.4, 0.5) is 17.6 Å². The minimum atomic E-state index is -4.44. The van der Waals surface area contributed by atoms with E-state index < -0.39 is 17.6 Å². The molecule has 1 fully saturated rings. The van der Waals surface area contributed by atoms with Crippen LogP contribution >= 0.6 is 0 Å². The highest BCUT2D eigenvalue weighted by Crippen LogP contribution is 2.38. The lowest BCUT2D eigenvalue weighted by molar-refractivity contribution is -0.137. The Bertz CT molecular complexity index is 464. The lowest BCUT2D eigenvalue weighted by Crippen LogP contribution is -2.29. The average Bonchev–Trinajstić information content (AvgIpc) is 2.93. The molecule has 21 heavy (non-hydrogen) atoms. The number of alkyl halides is 3. The van der Waals surface area contributed by atoms with Crippen molar-refractivity contribution in [2.24, 2.45) is 5.92 Å². The predicted molar refractivity (Wildman–Crippen MR) is 74.4 cm³/mol. The molecule has 1 aliphatic rings. The lowest BCUT2D eigenvalue weighted by Gasteiger charge is -2.26. The number of hydrogen-bond acceptors (Lipinski definition) is 1. The molecule has 1 atom stereocenters. The Morgan fingerprint density at radius 2 is 1.90 bits per heavy atom. The van der Waals surface area contributed by atoms with E-state index in [0.717, 1.165) is 50.3 Å². The normalized spacial score (nSPS) is 18.1. The van der Waals surface area contributed by atoms with E-state index in [-0.39, 0.29) is 17.5 Å². The summed E-state index contributed by atoms with van der Waals surface area (Å²) in [6, 6.07) is 2.40. The van der Waals surface area contributed by atoms with Crippen LogP contribution < -0.4 is 5.32 Å². The molecule has 0 heterocycles. The number of hydrogen-bond donors (Lipinski definition) is 1. The van der Waals surface area contributed by atoms with Gasteiger partial charge in [-0.05, 0) is 49.9 Å². The Labute approximate surface area is 122 Å². The van der Waals surface area contributed by atoms with E-state index in [1.807, 2.05) is 6.92 Å². The third-order valence-corrected chi connectivity index (χ3v) is 4.14. The minimum absolute atomic E-state index is 0.158. The van der Waals surface area contributed by atoms with E-state index in [9.17, 15) is 17.6 Å². The maximum atomic E-state index is 14.1. The van der Waals surface area contributed by atoms with Crippen LogP contribution in [0, 0.1) is 11.7 Å². The zero-order chi connectivity index (χ0) is 15.5. The van der Waals surface area contributed by atoms with Crippen molar-refractivity contribution in [3.8, 4) is 0 Å². The van der Waals surface area contributed by atoms with Crippen molar-refractivity contribution in [2.45, 2.75) is 51.2 Å².